The van der Waals surface area contributed by atoms with Crippen LogP contribution in [0.4, 0.5) is 0 Å². The van der Waals surface area contributed by atoms with Gasteiger partial charge < -0.3 is 4.74 Å². The molecule has 3 rings (SSSR count). The number of hydrogen-bond donors (Lipinski definition) is 0. The molecule has 0 amide bonds. The summed E-state index contributed by atoms with van der Waals surface area (Å²) in [6.07, 6.45) is 9.40. The van der Waals surface area contributed by atoms with Crippen LogP contribution in [-0.2, 0) is 4.79 Å². The molecule has 0 aromatic heterocycles. The van der Waals surface area contributed by atoms with Crippen molar-refractivity contribution >= 4 is 5.97 Å². The summed E-state index contributed by atoms with van der Waals surface area (Å²) < 4.78 is 5.65. The molecule has 0 bridgehead atoms. The van der Waals surface area contributed by atoms with E-state index >= 15 is 0 Å². The van der Waals surface area contributed by atoms with Crippen LogP contribution >= 0.6 is 0 Å². The number of benzene rings is 2. The average molecular weight is 322 g/mol. The van der Waals surface area contributed by atoms with Crippen LogP contribution in [0.3, 0.4) is 0 Å². The normalized spacial score (nSPS) is 15.2. The van der Waals surface area contributed by atoms with Gasteiger partial charge in [0.1, 0.15) is 5.75 Å². The van der Waals surface area contributed by atoms with E-state index in [1.807, 2.05) is 54.6 Å². The topological polar surface area (TPSA) is 26.3 Å². The van der Waals surface area contributed by atoms with Crippen molar-refractivity contribution in [3.05, 3.63) is 54.6 Å². The SMILES string of the molecule is O=C(CCCC1CCCCC1)Oc1ccccc1-c1ccccc1. The summed E-state index contributed by atoms with van der Waals surface area (Å²) in [5.74, 6) is 1.36. The first-order chi connectivity index (χ1) is 11.8. The number of para-hydroxylation sites is 1. The molecule has 0 saturated heterocycles. The van der Waals surface area contributed by atoms with E-state index in [1.54, 1.807) is 0 Å². The summed E-state index contributed by atoms with van der Waals surface area (Å²) in [4.78, 5) is 12.2. The van der Waals surface area contributed by atoms with E-state index in [-0.39, 0.29) is 5.97 Å². The second kappa shape index (κ2) is 8.68. The number of esters is 1. The monoisotopic (exact) mass is 322 g/mol. The highest BCUT2D eigenvalue weighted by molar-refractivity contribution is 5.77. The van der Waals surface area contributed by atoms with E-state index in [0.717, 1.165) is 29.9 Å². The predicted octanol–water partition coefficient (Wildman–Crippen LogP) is 6.01. The fraction of sp³-hybridized carbons (Fsp3) is 0.409. The Morgan fingerprint density at radius 3 is 2.42 bits per heavy atom. The largest absolute Gasteiger partial charge is 0.426 e. The van der Waals surface area contributed by atoms with Crippen molar-refractivity contribution in [2.75, 3.05) is 0 Å². The summed E-state index contributed by atoms with van der Waals surface area (Å²) >= 11 is 0. The summed E-state index contributed by atoms with van der Waals surface area (Å²) in [6.45, 7) is 0. The third-order valence-electron chi connectivity index (χ3n) is 4.91. The van der Waals surface area contributed by atoms with Gasteiger partial charge in [-0.3, -0.25) is 4.79 Å². The van der Waals surface area contributed by atoms with Gasteiger partial charge in [0.05, 0.1) is 0 Å². The lowest BCUT2D eigenvalue weighted by Gasteiger charge is -2.21. The highest BCUT2D eigenvalue weighted by Gasteiger charge is 2.15. The Bertz CT molecular complexity index is 642. The second-order valence-electron chi connectivity index (χ2n) is 6.73. The zero-order valence-corrected chi connectivity index (χ0v) is 14.2. The summed E-state index contributed by atoms with van der Waals surface area (Å²) in [7, 11) is 0. The standard InChI is InChI=1S/C22H26O2/c23-22(17-9-12-18-10-3-1-4-11-18)24-21-16-8-7-15-20(21)19-13-5-2-6-14-19/h2,5-8,13-16,18H,1,3-4,9-12,17H2. The summed E-state index contributed by atoms with van der Waals surface area (Å²) in [6, 6.07) is 17.8. The molecule has 0 radical (unpaired) electrons. The molecule has 126 valence electrons. The molecular formula is C22H26O2. The predicted molar refractivity (Wildman–Crippen MR) is 97.9 cm³/mol. The second-order valence-corrected chi connectivity index (χ2v) is 6.73. The van der Waals surface area contributed by atoms with Gasteiger partial charge in [-0.1, -0.05) is 80.6 Å². The minimum atomic E-state index is -0.116. The van der Waals surface area contributed by atoms with Gasteiger partial charge in [0.15, 0.2) is 0 Å². The zero-order valence-electron chi connectivity index (χ0n) is 14.2. The molecule has 2 heteroatoms. The van der Waals surface area contributed by atoms with E-state index in [9.17, 15) is 4.79 Å². The maximum atomic E-state index is 12.2. The zero-order chi connectivity index (χ0) is 16.6. The molecule has 2 aromatic rings. The van der Waals surface area contributed by atoms with Crippen molar-refractivity contribution in [1.29, 1.82) is 0 Å². The first-order valence-electron chi connectivity index (χ1n) is 9.18. The Morgan fingerprint density at radius 1 is 0.917 bits per heavy atom. The highest BCUT2D eigenvalue weighted by atomic mass is 16.5. The van der Waals surface area contributed by atoms with Crippen LogP contribution in [-0.4, -0.2) is 5.97 Å². The van der Waals surface area contributed by atoms with Gasteiger partial charge in [0.2, 0.25) is 0 Å². The van der Waals surface area contributed by atoms with Crippen molar-refractivity contribution in [3.8, 4) is 16.9 Å². The van der Waals surface area contributed by atoms with Gasteiger partial charge >= 0.3 is 5.97 Å². The number of rotatable bonds is 6. The van der Waals surface area contributed by atoms with Crippen molar-refractivity contribution in [3.63, 3.8) is 0 Å². The molecular weight excluding hydrogens is 296 g/mol. The van der Waals surface area contributed by atoms with Crippen LogP contribution in [0.5, 0.6) is 5.75 Å². The van der Waals surface area contributed by atoms with Crippen LogP contribution in [0.2, 0.25) is 0 Å². The first kappa shape index (κ1) is 16.8. The molecule has 0 heterocycles. The summed E-state index contributed by atoms with van der Waals surface area (Å²) in [5.41, 5.74) is 2.04. The van der Waals surface area contributed by atoms with Crippen LogP contribution in [0, 0.1) is 5.92 Å². The van der Waals surface area contributed by atoms with E-state index in [4.69, 9.17) is 4.74 Å². The Morgan fingerprint density at radius 2 is 1.62 bits per heavy atom. The van der Waals surface area contributed by atoms with E-state index < -0.39 is 0 Å². The number of hydrogen-bond acceptors (Lipinski definition) is 2. The lowest BCUT2D eigenvalue weighted by molar-refractivity contribution is -0.134. The van der Waals surface area contributed by atoms with Gasteiger partial charge in [0, 0.05) is 12.0 Å². The van der Waals surface area contributed by atoms with Crippen LogP contribution < -0.4 is 4.74 Å². The third-order valence-corrected chi connectivity index (χ3v) is 4.91. The minimum Gasteiger partial charge on any atom is -0.426 e. The van der Waals surface area contributed by atoms with Gasteiger partial charge in [-0.15, -0.1) is 0 Å². The van der Waals surface area contributed by atoms with Crippen molar-refractivity contribution in [2.45, 2.75) is 51.4 Å². The number of ether oxygens (including phenoxy) is 1. The number of carbonyl (C=O) groups excluding carboxylic acids is 1. The molecule has 1 aliphatic carbocycles. The molecule has 24 heavy (non-hydrogen) atoms. The molecule has 0 aliphatic heterocycles. The van der Waals surface area contributed by atoms with E-state index in [1.165, 1.54) is 32.1 Å². The van der Waals surface area contributed by atoms with Crippen molar-refractivity contribution in [2.24, 2.45) is 5.92 Å². The van der Waals surface area contributed by atoms with Crippen LogP contribution in [0.1, 0.15) is 51.4 Å². The van der Waals surface area contributed by atoms with Gasteiger partial charge in [-0.25, -0.2) is 0 Å². The van der Waals surface area contributed by atoms with E-state index in [2.05, 4.69) is 0 Å². The molecule has 0 N–H and O–H groups in total. The lowest BCUT2D eigenvalue weighted by atomic mass is 9.86. The molecule has 0 spiro atoms. The highest BCUT2D eigenvalue weighted by Crippen LogP contribution is 2.30. The maximum Gasteiger partial charge on any atom is 0.311 e. The number of carbonyl (C=O) groups is 1. The molecule has 2 nitrogen and oxygen atoms in total. The van der Waals surface area contributed by atoms with Gasteiger partial charge in [-0.2, -0.15) is 0 Å². The van der Waals surface area contributed by atoms with Crippen LogP contribution in [0.15, 0.2) is 54.6 Å². The average Bonchev–Trinajstić information content (AvgIpc) is 2.64. The molecule has 1 fully saturated rings. The first-order valence-corrected chi connectivity index (χ1v) is 9.18. The maximum absolute atomic E-state index is 12.2. The van der Waals surface area contributed by atoms with Gasteiger partial charge in [-0.05, 0) is 30.4 Å². The minimum absolute atomic E-state index is 0.116. The molecule has 0 atom stereocenters. The van der Waals surface area contributed by atoms with E-state index in [0.29, 0.717) is 12.2 Å². The van der Waals surface area contributed by atoms with Gasteiger partial charge in [0.25, 0.3) is 0 Å². The summed E-state index contributed by atoms with van der Waals surface area (Å²) in [5, 5.41) is 0. The smallest absolute Gasteiger partial charge is 0.311 e. The third kappa shape index (κ3) is 4.70. The lowest BCUT2D eigenvalue weighted by Crippen LogP contribution is -2.11. The Kier molecular flexibility index (Phi) is 6.06. The van der Waals surface area contributed by atoms with Crippen molar-refractivity contribution in [1.82, 2.24) is 0 Å². The Labute approximate surface area is 144 Å². The fourth-order valence-electron chi connectivity index (χ4n) is 3.60. The van der Waals surface area contributed by atoms with Crippen LogP contribution in [0.25, 0.3) is 11.1 Å². The Balaban J connectivity index is 1.55. The van der Waals surface area contributed by atoms with Crippen molar-refractivity contribution < 1.29 is 9.53 Å². The quantitative estimate of drug-likeness (QED) is 0.481. The molecule has 1 aliphatic rings. The Hall–Kier alpha value is -2.09. The molecule has 1 saturated carbocycles. The fourth-order valence-corrected chi connectivity index (χ4v) is 3.60. The molecule has 0 unspecified atom stereocenters. The molecule has 2 aromatic carbocycles.